The number of hydrogen-bond donors (Lipinski definition) is 2. The summed E-state index contributed by atoms with van der Waals surface area (Å²) in [5.41, 5.74) is -0.537. The number of carbonyl (C=O) groups excluding carboxylic acids is 1. The van der Waals surface area contributed by atoms with Crippen LogP contribution in [0.1, 0.15) is 27.9 Å². The lowest BCUT2D eigenvalue weighted by atomic mass is 10.1. The van der Waals surface area contributed by atoms with Crippen molar-refractivity contribution < 1.29 is 36.9 Å². The first kappa shape index (κ1) is 24.0. The molecule has 0 saturated heterocycles. The number of benzene rings is 2. The minimum absolute atomic E-state index is 0.0730. The number of hydrogen-bond acceptors (Lipinski definition) is 5. The normalized spacial score (nSPS) is 11.2. The predicted molar refractivity (Wildman–Crippen MR) is 112 cm³/mol. The van der Waals surface area contributed by atoms with Gasteiger partial charge in [-0.3, -0.25) is 4.79 Å². The number of nitrogens with zero attached hydrogens (tertiary/aromatic N) is 1. The van der Waals surface area contributed by atoms with Crippen molar-refractivity contribution in [2.24, 2.45) is 0 Å². The van der Waals surface area contributed by atoms with Gasteiger partial charge in [0.15, 0.2) is 0 Å². The number of rotatable bonds is 8. The summed E-state index contributed by atoms with van der Waals surface area (Å²) in [4.78, 5) is 16.8. The highest BCUT2D eigenvalue weighted by molar-refractivity contribution is 6.06. The smallest absolute Gasteiger partial charge is 0.416 e. The molecule has 0 unspecified atom stereocenters. The van der Waals surface area contributed by atoms with Crippen LogP contribution in [0.2, 0.25) is 0 Å². The quantitative estimate of drug-likeness (QED) is 0.447. The van der Waals surface area contributed by atoms with Crippen LogP contribution in [-0.2, 0) is 12.6 Å². The van der Waals surface area contributed by atoms with Crippen LogP contribution in [0.25, 0.3) is 0 Å². The molecule has 10 heteroatoms. The molecule has 3 aromatic rings. The van der Waals surface area contributed by atoms with Crippen molar-refractivity contribution in [1.29, 1.82) is 0 Å². The lowest BCUT2D eigenvalue weighted by Crippen LogP contribution is -2.15. The summed E-state index contributed by atoms with van der Waals surface area (Å²) >= 11 is 0. The standard InChI is InChI=1S/C23H20F4N2O4/c1-32-21-13-17(8-9-28-21)29-22(31)18-6-4-15(23(25,26)27)12-20(18)33-19-7-5-16(24)11-14(19)3-2-10-30/h4-9,11-13,30H,2-3,10H2,1H3,(H,28,29,31). The SMILES string of the molecule is COc1cc(NC(=O)c2ccc(C(F)(F)F)cc2Oc2ccc(F)cc2CCCO)ccn1. The zero-order valence-corrected chi connectivity index (χ0v) is 17.4. The van der Waals surface area contributed by atoms with Crippen molar-refractivity contribution in [2.75, 3.05) is 19.0 Å². The molecule has 6 nitrogen and oxygen atoms in total. The topological polar surface area (TPSA) is 80.7 Å². The maximum atomic E-state index is 13.7. The molecule has 0 aliphatic rings. The maximum absolute atomic E-state index is 13.7. The second-order valence-corrected chi connectivity index (χ2v) is 6.93. The number of pyridine rings is 1. The van der Waals surface area contributed by atoms with E-state index in [9.17, 15) is 22.4 Å². The molecule has 0 atom stereocenters. The predicted octanol–water partition coefficient (Wildman–Crippen LogP) is 5.22. The second kappa shape index (κ2) is 10.3. The number of nitrogens with one attached hydrogen (secondary N) is 1. The minimum Gasteiger partial charge on any atom is -0.481 e. The van der Waals surface area contributed by atoms with Crippen molar-refractivity contribution in [2.45, 2.75) is 19.0 Å². The average molecular weight is 464 g/mol. The van der Waals surface area contributed by atoms with Crippen molar-refractivity contribution in [3.05, 3.63) is 77.2 Å². The van der Waals surface area contributed by atoms with E-state index in [0.717, 1.165) is 18.2 Å². The summed E-state index contributed by atoms with van der Waals surface area (Å²) in [6, 6.07) is 8.93. The number of aromatic nitrogens is 1. The lowest BCUT2D eigenvalue weighted by Gasteiger charge is -2.16. The summed E-state index contributed by atoms with van der Waals surface area (Å²) in [5, 5.41) is 11.6. The summed E-state index contributed by atoms with van der Waals surface area (Å²) in [6.45, 7) is -0.164. The van der Waals surface area contributed by atoms with Crippen LogP contribution in [0.3, 0.4) is 0 Å². The average Bonchev–Trinajstić information content (AvgIpc) is 2.78. The van der Waals surface area contributed by atoms with E-state index in [0.29, 0.717) is 23.7 Å². The van der Waals surface area contributed by atoms with Gasteiger partial charge in [-0.1, -0.05) is 0 Å². The molecule has 0 aliphatic heterocycles. The Hall–Kier alpha value is -3.66. The van der Waals surface area contributed by atoms with E-state index in [2.05, 4.69) is 10.3 Å². The highest BCUT2D eigenvalue weighted by Gasteiger charge is 2.32. The molecule has 174 valence electrons. The van der Waals surface area contributed by atoms with Gasteiger partial charge in [0.05, 0.1) is 18.2 Å². The van der Waals surface area contributed by atoms with Gasteiger partial charge >= 0.3 is 6.18 Å². The fourth-order valence-electron chi connectivity index (χ4n) is 3.00. The Morgan fingerprint density at radius 1 is 1.09 bits per heavy atom. The summed E-state index contributed by atoms with van der Waals surface area (Å²) < 4.78 is 64.3. The first-order chi connectivity index (χ1) is 15.7. The van der Waals surface area contributed by atoms with Gasteiger partial charge < -0.3 is 19.9 Å². The van der Waals surface area contributed by atoms with Gasteiger partial charge in [0, 0.05) is 24.6 Å². The van der Waals surface area contributed by atoms with Crippen molar-refractivity contribution in [1.82, 2.24) is 4.98 Å². The van der Waals surface area contributed by atoms with Gasteiger partial charge in [0.2, 0.25) is 5.88 Å². The Bertz CT molecular complexity index is 1140. The third-order valence-corrected chi connectivity index (χ3v) is 4.60. The van der Waals surface area contributed by atoms with E-state index in [4.69, 9.17) is 14.6 Å². The minimum atomic E-state index is -4.67. The second-order valence-electron chi connectivity index (χ2n) is 6.93. The van der Waals surface area contributed by atoms with Gasteiger partial charge in [-0.15, -0.1) is 0 Å². The Morgan fingerprint density at radius 3 is 2.58 bits per heavy atom. The molecule has 0 spiro atoms. The first-order valence-corrected chi connectivity index (χ1v) is 9.81. The molecule has 0 fully saturated rings. The van der Waals surface area contributed by atoms with Crippen molar-refractivity contribution in [3.63, 3.8) is 0 Å². The molecule has 2 aromatic carbocycles. The van der Waals surface area contributed by atoms with Crippen LogP contribution in [0.5, 0.6) is 17.4 Å². The molecule has 1 amide bonds. The third-order valence-electron chi connectivity index (χ3n) is 4.60. The summed E-state index contributed by atoms with van der Waals surface area (Å²) in [6.07, 6.45) is -2.76. The molecule has 33 heavy (non-hydrogen) atoms. The molecule has 1 aromatic heterocycles. The monoisotopic (exact) mass is 464 g/mol. The number of ether oxygens (including phenoxy) is 2. The highest BCUT2D eigenvalue weighted by atomic mass is 19.4. The van der Waals surface area contributed by atoms with Gasteiger partial charge in [-0.2, -0.15) is 13.2 Å². The number of alkyl halides is 3. The number of aliphatic hydroxyl groups is 1. The molecular formula is C23H20F4N2O4. The van der Waals surface area contributed by atoms with Crippen LogP contribution >= 0.6 is 0 Å². The Kier molecular flexibility index (Phi) is 7.49. The van der Waals surface area contributed by atoms with Crippen LogP contribution in [0, 0.1) is 5.82 Å². The molecular weight excluding hydrogens is 444 g/mol. The van der Waals surface area contributed by atoms with E-state index in [-0.39, 0.29) is 36.0 Å². The Morgan fingerprint density at radius 2 is 1.88 bits per heavy atom. The fourth-order valence-corrected chi connectivity index (χ4v) is 3.00. The summed E-state index contributed by atoms with van der Waals surface area (Å²) in [7, 11) is 1.40. The van der Waals surface area contributed by atoms with Gasteiger partial charge in [0.25, 0.3) is 5.91 Å². The maximum Gasteiger partial charge on any atom is 0.416 e. The number of anilines is 1. The zero-order valence-electron chi connectivity index (χ0n) is 17.4. The molecule has 0 bridgehead atoms. The first-order valence-electron chi connectivity index (χ1n) is 9.81. The third kappa shape index (κ3) is 6.19. The van der Waals surface area contributed by atoms with Crippen LogP contribution in [0.4, 0.5) is 23.2 Å². The zero-order chi connectivity index (χ0) is 24.0. The van der Waals surface area contributed by atoms with E-state index in [1.165, 1.54) is 37.6 Å². The van der Waals surface area contributed by atoms with Crippen molar-refractivity contribution in [3.8, 4) is 17.4 Å². The molecule has 0 radical (unpaired) electrons. The van der Waals surface area contributed by atoms with E-state index in [1.54, 1.807) is 0 Å². The molecule has 0 saturated carbocycles. The number of halogens is 4. The van der Waals surface area contributed by atoms with Crippen LogP contribution in [-0.4, -0.2) is 29.7 Å². The van der Waals surface area contributed by atoms with E-state index < -0.39 is 23.5 Å². The Labute approximate surface area is 186 Å². The van der Waals surface area contributed by atoms with Gasteiger partial charge in [-0.25, -0.2) is 9.37 Å². The molecule has 2 N–H and O–H groups in total. The van der Waals surface area contributed by atoms with Crippen molar-refractivity contribution >= 4 is 11.6 Å². The lowest BCUT2D eigenvalue weighted by molar-refractivity contribution is -0.137. The molecule has 0 aliphatic carbocycles. The van der Waals surface area contributed by atoms with Crippen LogP contribution < -0.4 is 14.8 Å². The van der Waals surface area contributed by atoms with E-state index >= 15 is 0 Å². The molecule has 3 rings (SSSR count). The van der Waals surface area contributed by atoms with Gasteiger partial charge in [0.1, 0.15) is 17.3 Å². The summed E-state index contributed by atoms with van der Waals surface area (Å²) in [5.74, 6) is -1.35. The number of amides is 1. The molecule has 1 heterocycles. The number of methoxy groups -OCH3 is 1. The number of carbonyl (C=O) groups is 1. The number of aryl methyl sites for hydroxylation is 1. The highest BCUT2D eigenvalue weighted by Crippen LogP contribution is 2.36. The van der Waals surface area contributed by atoms with Gasteiger partial charge in [-0.05, 0) is 60.9 Å². The Balaban J connectivity index is 1.99. The number of aliphatic hydroxyl groups excluding tert-OH is 1. The van der Waals surface area contributed by atoms with E-state index in [1.807, 2.05) is 0 Å². The fraction of sp³-hybridized carbons (Fsp3) is 0.217. The van der Waals surface area contributed by atoms with Crippen LogP contribution in [0.15, 0.2) is 54.7 Å². The largest absolute Gasteiger partial charge is 0.481 e.